The molecule has 104 valence electrons. The second-order valence-corrected chi connectivity index (χ2v) is 5.14. The van der Waals surface area contributed by atoms with Crippen LogP contribution in [0.2, 0.25) is 0 Å². The van der Waals surface area contributed by atoms with Crippen molar-refractivity contribution in [2.75, 3.05) is 0 Å². The second kappa shape index (κ2) is 6.04. The summed E-state index contributed by atoms with van der Waals surface area (Å²) in [6.07, 6.45) is 3.69. The highest BCUT2D eigenvalue weighted by Gasteiger charge is 2.22. The molecule has 0 spiro atoms. The van der Waals surface area contributed by atoms with E-state index in [0.717, 1.165) is 25.7 Å². The number of benzene rings is 1. The van der Waals surface area contributed by atoms with E-state index in [1.165, 1.54) is 0 Å². The third-order valence-corrected chi connectivity index (χ3v) is 3.53. The lowest BCUT2D eigenvalue weighted by Crippen LogP contribution is -2.41. The molecule has 1 aromatic carbocycles. The molecule has 0 radical (unpaired) electrons. The number of carbonyl (C=O) groups is 1. The Morgan fingerprint density at radius 2 is 2.11 bits per heavy atom. The Morgan fingerprint density at radius 3 is 2.79 bits per heavy atom. The number of hydrogen-bond acceptors (Lipinski definition) is 2. The third kappa shape index (κ3) is 3.46. The van der Waals surface area contributed by atoms with Crippen LogP contribution in [0.25, 0.3) is 0 Å². The molecule has 1 aromatic rings. The van der Waals surface area contributed by atoms with Gasteiger partial charge in [0.1, 0.15) is 0 Å². The van der Waals surface area contributed by atoms with Crippen molar-refractivity contribution in [3.8, 4) is 5.75 Å². The zero-order valence-corrected chi connectivity index (χ0v) is 11.4. The molecule has 1 fully saturated rings. The summed E-state index contributed by atoms with van der Waals surface area (Å²) in [6.45, 7) is 3.32. The normalized spacial score (nSPS) is 17.2. The van der Waals surface area contributed by atoms with Crippen molar-refractivity contribution in [3.63, 3.8) is 0 Å². The summed E-state index contributed by atoms with van der Waals surface area (Å²) in [5.41, 5.74) is 0.515. The van der Waals surface area contributed by atoms with E-state index in [4.69, 9.17) is 4.74 Å². The largest absolute Gasteiger partial charge is 0.478 e. The summed E-state index contributed by atoms with van der Waals surface area (Å²) in [5.74, 6) is -0.440. The van der Waals surface area contributed by atoms with Gasteiger partial charge in [-0.1, -0.05) is 25.0 Å². The van der Waals surface area contributed by atoms with Gasteiger partial charge < -0.3 is 10.1 Å². The monoisotopic (exact) mass is 265 g/mol. The van der Waals surface area contributed by atoms with Gasteiger partial charge in [0.15, 0.2) is 17.7 Å². The van der Waals surface area contributed by atoms with Crippen LogP contribution >= 0.6 is 0 Å². The molecule has 4 heteroatoms. The SMILES string of the molecule is Cc1cccc(OC(C)C(=O)NC2CCCC2)c1F. The Bertz CT molecular complexity index is 455. The first-order valence-electron chi connectivity index (χ1n) is 6.80. The zero-order chi connectivity index (χ0) is 13.8. The third-order valence-electron chi connectivity index (χ3n) is 3.53. The summed E-state index contributed by atoms with van der Waals surface area (Å²) in [7, 11) is 0. The molecule has 0 saturated heterocycles. The fourth-order valence-electron chi connectivity index (χ4n) is 2.34. The Labute approximate surface area is 113 Å². The van der Waals surface area contributed by atoms with Gasteiger partial charge >= 0.3 is 0 Å². The van der Waals surface area contributed by atoms with Crippen molar-refractivity contribution in [2.45, 2.75) is 51.7 Å². The van der Waals surface area contributed by atoms with Crippen LogP contribution in [0.1, 0.15) is 38.2 Å². The number of ether oxygens (including phenoxy) is 1. The fraction of sp³-hybridized carbons (Fsp3) is 0.533. The van der Waals surface area contributed by atoms with Crippen LogP contribution in [-0.2, 0) is 4.79 Å². The van der Waals surface area contributed by atoms with E-state index < -0.39 is 11.9 Å². The predicted octanol–water partition coefficient (Wildman–Crippen LogP) is 2.96. The lowest BCUT2D eigenvalue weighted by Gasteiger charge is -2.18. The van der Waals surface area contributed by atoms with E-state index in [1.807, 2.05) is 0 Å². The smallest absolute Gasteiger partial charge is 0.260 e. The van der Waals surface area contributed by atoms with Crippen molar-refractivity contribution in [3.05, 3.63) is 29.6 Å². The summed E-state index contributed by atoms with van der Waals surface area (Å²) in [5, 5.41) is 2.95. The predicted molar refractivity (Wildman–Crippen MR) is 71.6 cm³/mol. The van der Waals surface area contributed by atoms with Crippen LogP contribution in [0.5, 0.6) is 5.75 Å². The van der Waals surface area contributed by atoms with E-state index in [2.05, 4.69) is 5.32 Å². The minimum Gasteiger partial charge on any atom is -0.478 e. The molecule has 0 aliphatic heterocycles. The topological polar surface area (TPSA) is 38.3 Å². The van der Waals surface area contributed by atoms with E-state index >= 15 is 0 Å². The van der Waals surface area contributed by atoms with Crippen molar-refractivity contribution in [1.82, 2.24) is 5.32 Å². The Kier molecular flexibility index (Phi) is 4.40. The van der Waals surface area contributed by atoms with Crippen LogP contribution < -0.4 is 10.1 Å². The molecule has 1 aliphatic rings. The van der Waals surface area contributed by atoms with Gasteiger partial charge in [-0.05, 0) is 38.3 Å². The molecule has 0 heterocycles. The van der Waals surface area contributed by atoms with E-state index in [1.54, 1.807) is 32.0 Å². The number of amides is 1. The molecular weight excluding hydrogens is 245 g/mol. The van der Waals surface area contributed by atoms with Gasteiger partial charge in [-0.25, -0.2) is 4.39 Å². The molecule has 1 saturated carbocycles. The summed E-state index contributed by atoms with van der Waals surface area (Å²) < 4.78 is 19.2. The van der Waals surface area contributed by atoms with Gasteiger partial charge in [-0.3, -0.25) is 4.79 Å². The highest BCUT2D eigenvalue weighted by molar-refractivity contribution is 5.81. The van der Waals surface area contributed by atoms with Crippen LogP contribution in [-0.4, -0.2) is 18.1 Å². The Hall–Kier alpha value is -1.58. The van der Waals surface area contributed by atoms with Crippen molar-refractivity contribution >= 4 is 5.91 Å². The van der Waals surface area contributed by atoms with Crippen LogP contribution in [0, 0.1) is 12.7 Å². The Balaban J connectivity index is 1.94. The first-order valence-corrected chi connectivity index (χ1v) is 6.80. The van der Waals surface area contributed by atoms with Gasteiger partial charge in [-0.15, -0.1) is 0 Å². The first-order chi connectivity index (χ1) is 9.08. The quantitative estimate of drug-likeness (QED) is 0.909. The molecule has 1 N–H and O–H groups in total. The number of hydrogen-bond donors (Lipinski definition) is 1. The minimum atomic E-state index is -0.683. The van der Waals surface area contributed by atoms with Gasteiger partial charge in [0.2, 0.25) is 0 Å². The number of nitrogens with one attached hydrogen (secondary N) is 1. The maximum Gasteiger partial charge on any atom is 0.260 e. The van der Waals surface area contributed by atoms with Crippen LogP contribution in [0.3, 0.4) is 0 Å². The number of carbonyl (C=O) groups excluding carboxylic acids is 1. The molecule has 19 heavy (non-hydrogen) atoms. The molecule has 0 bridgehead atoms. The molecular formula is C15H20FNO2. The highest BCUT2D eigenvalue weighted by atomic mass is 19.1. The second-order valence-electron chi connectivity index (χ2n) is 5.14. The van der Waals surface area contributed by atoms with Gasteiger partial charge in [0.25, 0.3) is 5.91 Å². The fourth-order valence-corrected chi connectivity index (χ4v) is 2.34. The molecule has 2 rings (SSSR count). The zero-order valence-electron chi connectivity index (χ0n) is 11.4. The van der Waals surface area contributed by atoms with Crippen molar-refractivity contribution in [1.29, 1.82) is 0 Å². The standard InChI is InChI=1S/C15H20FNO2/c1-10-6-5-9-13(14(10)16)19-11(2)15(18)17-12-7-3-4-8-12/h5-6,9,11-12H,3-4,7-8H2,1-2H3,(H,17,18). The van der Waals surface area contributed by atoms with Crippen molar-refractivity contribution in [2.24, 2.45) is 0 Å². The number of rotatable bonds is 4. The highest BCUT2D eigenvalue weighted by Crippen LogP contribution is 2.21. The summed E-state index contributed by atoms with van der Waals surface area (Å²) in [4.78, 5) is 11.9. The number of aryl methyl sites for hydroxylation is 1. The summed E-state index contributed by atoms with van der Waals surface area (Å²) in [6, 6.07) is 5.18. The molecule has 1 atom stereocenters. The lowest BCUT2D eigenvalue weighted by atomic mass is 10.2. The van der Waals surface area contributed by atoms with Gasteiger partial charge in [0, 0.05) is 6.04 Å². The van der Waals surface area contributed by atoms with Crippen LogP contribution in [0.4, 0.5) is 4.39 Å². The molecule has 1 unspecified atom stereocenters. The van der Waals surface area contributed by atoms with E-state index in [0.29, 0.717) is 5.56 Å². The number of halogens is 1. The maximum atomic E-state index is 13.8. The molecule has 1 amide bonds. The molecule has 3 nitrogen and oxygen atoms in total. The minimum absolute atomic E-state index is 0.133. The first kappa shape index (κ1) is 13.8. The van der Waals surface area contributed by atoms with Crippen molar-refractivity contribution < 1.29 is 13.9 Å². The lowest BCUT2D eigenvalue weighted by molar-refractivity contribution is -0.128. The van der Waals surface area contributed by atoms with Gasteiger partial charge in [0.05, 0.1) is 0 Å². The molecule has 0 aromatic heterocycles. The average Bonchev–Trinajstić information content (AvgIpc) is 2.87. The molecule has 1 aliphatic carbocycles. The van der Waals surface area contributed by atoms with E-state index in [9.17, 15) is 9.18 Å². The van der Waals surface area contributed by atoms with E-state index in [-0.39, 0.29) is 17.7 Å². The summed E-state index contributed by atoms with van der Waals surface area (Å²) >= 11 is 0. The van der Waals surface area contributed by atoms with Crippen LogP contribution in [0.15, 0.2) is 18.2 Å². The van der Waals surface area contributed by atoms with Gasteiger partial charge in [-0.2, -0.15) is 0 Å². The Morgan fingerprint density at radius 1 is 1.42 bits per heavy atom. The average molecular weight is 265 g/mol. The maximum absolute atomic E-state index is 13.8.